The highest BCUT2D eigenvalue weighted by atomic mass is 16.6. The highest BCUT2D eigenvalue weighted by Crippen LogP contribution is 2.47. The highest BCUT2D eigenvalue weighted by molar-refractivity contribution is 5.91. The van der Waals surface area contributed by atoms with Crippen molar-refractivity contribution in [3.63, 3.8) is 0 Å². The lowest BCUT2D eigenvalue weighted by atomic mass is 9.93. The molecule has 0 spiro atoms. The third kappa shape index (κ3) is 5.20. The van der Waals surface area contributed by atoms with Gasteiger partial charge in [-0.05, 0) is 24.3 Å². The topological polar surface area (TPSA) is 131 Å². The molecule has 0 fully saturated rings. The Morgan fingerprint density at radius 1 is 0.744 bits per heavy atom. The van der Waals surface area contributed by atoms with E-state index in [1.807, 2.05) is 0 Å². The minimum atomic E-state index is -0.914. The van der Waals surface area contributed by atoms with Crippen LogP contribution < -0.4 is 33.2 Å². The molecule has 0 bridgehead atoms. The van der Waals surface area contributed by atoms with Crippen molar-refractivity contribution in [3.05, 3.63) is 53.1 Å². The summed E-state index contributed by atoms with van der Waals surface area (Å²) in [6, 6.07) is 8.90. The molecule has 2 atom stereocenters. The first-order valence-electron chi connectivity index (χ1n) is 11.8. The molecular formula is C28H30O11. The summed E-state index contributed by atoms with van der Waals surface area (Å²) in [5.74, 6) is 1.18. The van der Waals surface area contributed by atoms with E-state index in [4.69, 9.17) is 37.9 Å². The maximum atomic E-state index is 13.4. The van der Waals surface area contributed by atoms with Crippen LogP contribution in [0.1, 0.15) is 27.6 Å². The number of esters is 1. The van der Waals surface area contributed by atoms with E-state index in [0.717, 1.165) is 0 Å². The van der Waals surface area contributed by atoms with Crippen LogP contribution in [-0.4, -0.2) is 64.9 Å². The summed E-state index contributed by atoms with van der Waals surface area (Å²) in [6.07, 6.45) is -1.71. The minimum Gasteiger partial charge on any atom is -0.508 e. The predicted octanol–water partition coefficient (Wildman–Crippen LogP) is 4.05. The van der Waals surface area contributed by atoms with Crippen LogP contribution in [0, 0.1) is 0 Å². The molecule has 0 saturated carbocycles. The number of phenolic OH excluding ortho intramolecular Hbond substituents is 2. The molecule has 1 aliphatic rings. The number of hydrogen-bond acceptors (Lipinski definition) is 11. The van der Waals surface area contributed by atoms with Crippen LogP contribution >= 0.6 is 0 Å². The molecule has 4 rings (SSSR count). The number of benzene rings is 3. The molecule has 0 unspecified atom stereocenters. The van der Waals surface area contributed by atoms with Crippen molar-refractivity contribution in [2.75, 3.05) is 42.7 Å². The summed E-state index contributed by atoms with van der Waals surface area (Å²) in [5, 5.41) is 20.6. The molecule has 1 aliphatic heterocycles. The van der Waals surface area contributed by atoms with E-state index < -0.39 is 18.2 Å². The molecule has 11 nitrogen and oxygen atoms in total. The second-order valence-electron chi connectivity index (χ2n) is 8.50. The summed E-state index contributed by atoms with van der Waals surface area (Å²) in [6.45, 7) is 0. The summed E-state index contributed by atoms with van der Waals surface area (Å²) in [4.78, 5) is 13.4. The molecule has 11 heteroatoms. The Bertz CT molecular complexity index is 1320. The van der Waals surface area contributed by atoms with Gasteiger partial charge in [0.05, 0.1) is 48.2 Å². The lowest BCUT2D eigenvalue weighted by Gasteiger charge is -2.34. The fourth-order valence-electron chi connectivity index (χ4n) is 4.50. The van der Waals surface area contributed by atoms with Crippen LogP contribution in [0.2, 0.25) is 0 Å². The number of methoxy groups -OCH3 is 6. The molecule has 208 valence electrons. The average Bonchev–Trinajstić information content (AvgIpc) is 2.95. The summed E-state index contributed by atoms with van der Waals surface area (Å²) < 4.78 is 44.6. The fourth-order valence-corrected chi connectivity index (χ4v) is 4.50. The molecule has 3 aromatic rings. The minimum absolute atomic E-state index is 0.0823. The van der Waals surface area contributed by atoms with E-state index in [2.05, 4.69) is 0 Å². The number of carbonyl (C=O) groups excluding carboxylic acids is 1. The van der Waals surface area contributed by atoms with Crippen molar-refractivity contribution >= 4 is 5.97 Å². The van der Waals surface area contributed by atoms with E-state index in [9.17, 15) is 15.0 Å². The molecule has 0 radical (unpaired) electrons. The summed E-state index contributed by atoms with van der Waals surface area (Å²) in [7, 11) is 8.79. The van der Waals surface area contributed by atoms with Gasteiger partial charge in [-0.3, -0.25) is 0 Å². The smallest absolute Gasteiger partial charge is 0.338 e. The number of ether oxygens (including phenoxy) is 8. The molecule has 3 aromatic carbocycles. The standard InChI is InChI=1S/C28H30O11/c1-32-20-7-14(8-21(33-2)26(20)36-5)25-24(13-17-18(30)11-16(29)12-19(17)38-25)39-28(31)15-9-22(34-3)27(37-6)23(10-15)35-4/h7-12,24-25,29-30H,13H2,1-6H3/t24-,25-/m1/s1. The van der Waals surface area contributed by atoms with E-state index in [1.54, 1.807) is 12.1 Å². The lowest BCUT2D eigenvalue weighted by Crippen LogP contribution is -2.35. The van der Waals surface area contributed by atoms with Gasteiger partial charge < -0.3 is 48.1 Å². The van der Waals surface area contributed by atoms with Gasteiger partial charge in [-0.1, -0.05) is 0 Å². The van der Waals surface area contributed by atoms with Crippen LogP contribution in [0.3, 0.4) is 0 Å². The van der Waals surface area contributed by atoms with Crippen LogP contribution in [0.25, 0.3) is 0 Å². The lowest BCUT2D eigenvalue weighted by molar-refractivity contribution is -0.0189. The number of carbonyl (C=O) groups is 1. The van der Waals surface area contributed by atoms with Crippen molar-refractivity contribution in [1.29, 1.82) is 0 Å². The zero-order valence-electron chi connectivity index (χ0n) is 22.4. The van der Waals surface area contributed by atoms with Crippen molar-refractivity contribution in [2.24, 2.45) is 0 Å². The van der Waals surface area contributed by atoms with Crippen molar-refractivity contribution < 1.29 is 52.9 Å². The zero-order valence-corrected chi connectivity index (χ0v) is 22.4. The molecule has 0 saturated heterocycles. The quantitative estimate of drug-likeness (QED) is 0.380. The van der Waals surface area contributed by atoms with Crippen molar-refractivity contribution in [3.8, 4) is 51.7 Å². The number of rotatable bonds is 9. The van der Waals surface area contributed by atoms with E-state index in [0.29, 0.717) is 34.1 Å². The third-order valence-corrected chi connectivity index (χ3v) is 6.34. The molecule has 0 aliphatic carbocycles. The Kier molecular flexibility index (Phi) is 7.99. The van der Waals surface area contributed by atoms with Crippen molar-refractivity contribution in [2.45, 2.75) is 18.6 Å². The normalized spacial score (nSPS) is 15.8. The molecular weight excluding hydrogens is 512 g/mol. The van der Waals surface area contributed by atoms with Crippen molar-refractivity contribution in [1.82, 2.24) is 0 Å². The Balaban J connectivity index is 1.78. The highest BCUT2D eigenvalue weighted by Gasteiger charge is 2.37. The molecule has 1 heterocycles. The van der Waals surface area contributed by atoms with Gasteiger partial charge in [-0.15, -0.1) is 0 Å². The average molecular weight is 543 g/mol. The van der Waals surface area contributed by atoms with Crippen LogP contribution in [-0.2, 0) is 11.2 Å². The monoisotopic (exact) mass is 542 g/mol. The second-order valence-corrected chi connectivity index (χ2v) is 8.50. The van der Waals surface area contributed by atoms with Gasteiger partial charge in [-0.2, -0.15) is 0 Å². The molecule has 0 amide bonds. The van der Waals surface area contributed by atoms with Gasteiger partial charge in [0.1, 0.15) is 23.4 Å². The predicted molar refractivity (Wildman–Crippen MR) is 138 cm³/mol. The van der Waals surface area contributed by atoms with Gasteiger partial charge in [0.2, 0.25) is 11.5 Å². The summed E-state index contributed by atoms with van der Waals surface area (Å²) >= 11 is 0. The van der Waals surface area contributed by atoms with Crippen LogP contribution in [0.4, 0.5) is 0 Å². The van der Waals surface area contributed by atoms with Gasteiger partial charge in [0, 0.05) is 29.7 Å². The zero-order chi connectivity index (χ0) is 28.3. The summed E-state index contributed by atoms with van der Waals surface area (Å²) in [5.41, 5.74) is 1.06. The first-order chi connectivity index (χ1) is 18.8. The molecule has 0 aromatic heterocycles. The Morgan fingerprint density at radius 2 is 1.26 bits per heavy atom. The Morgan fingerprint density at radius 3 is 1.74 bits per heavy atom. The van der Waals surface area contributed by atoms with Gasteiger partial charge in [0.15, 0.2) is 29.1 Å². The van der Waals surface area contributed by atoms with E-state index in [-0.39, 0.29) is 40.7 Å². The third-order valence-electron chi connectivity index (χ3n) is 6.34. The maximum absolute atomic E-state index is 13.4. The van der Waals surface area contributed by atoms with Gasteiger partial charge in [-0.25, -0.2) is 4.79 Å². The largest absolute Gasteiger partial charge is 0.508 e. The second kappa shape index (κ2) is 11.4. The van der Waals surface area contributed by atoms with Gasteiger partial charge in [0.25, 0.3) is 0 Å². The number of aromatic hydroxyl groups is 2. The number of phenols is 2. The fraction of sp³-hybridized carbons (Fsp3) is 0.321. The van der Waals surface area contributed by atoms with E-state index in [1.165, 1.54) is 66.9 Å². The van der Waals surface area contributed by atoms with Gasteiger partial charge >= 0.3 is 5.97 Å². The van der Waals surface area contributed by atoms with E-state index >= 15 is 0 Å². The number of fused-ring (bicyclic) bond motifs is 1. The Labute approximate surface area is 225 Å². The Hall–Kier alpha value is -4.67. The first kappa shape index (κ1) is 27.4. The maximum Gasteiger partial charge on any atom is 0.338 e. The first-order valence-corrected chi connectivity index (χ1v) is 11.8. The van der Waals surface area contributed by atoms with Crippen LogP contribution in [0.5, 0.6) is 51.7 Å². The number of hydrogen-bond donors (Lipinski definition) is 2. The SMILES string of the molecule is COc1cc(C(=O)O[C@@H]2Cc3c(O)cc(O)cc3O[C@@H]2c2cc(OC)c(OC)c(OC)c2)cc(OC)c1OC. The molecule has 2 N–H and O–H groups in total. The molecule has 39 heavy (non-hydrogen) atoms. The van der Waals surface area contributed by atoms with Crippen LogP contribution in [0.15, 0.2) is 36.4 Å².